The monoisotopic (exact) mass is 336 g/mol. The van der Waals surface area contributed by atoms with Crippen molar-refractivity contribution in [1.29, 1.82) is 0 Å². The average Bonchev–Trinajstić information content (AvgIpc) is 2.54. The van der Waals surface area contributed by atoms with Gasteiger partial charge in [-0.1, -0.05) is 18.2 Å². The lowest BCUT2D eigenvalue weighted by Crippen LogP contribution is -2.47. The fourth-order valence-electron chi connectivity index (χ4n) is 3.37. The molecule has 1 unspecified atom stereocenters. The maximum Gasteiger partial charge on any atom is 0.416 e. The van der Waals surface area contributed by atoms with Crippen LogP contribution in [-0.2, 0) is 11.8 Å². The molecule has 2 N–H and O–H groups in total. The van der Waals surface area contributed by atoms with E-state index in [0.717, 1.165) is 17.8 Å². The normalized spacial score (nSPS) is 27.9. The van der Waals surface area contributed by atoms with E-state index < -0.39 is 17.3 Å². The van der Waals surface area contributed by atoms with Crippen LogP contribution < -0.4 is 5.32 Å². The summed E-state index contributed by atoms with van der Waals surface area (Å²) in [7, 11) is 0. The summed E-state index contributed by atoms with van der Waals surface area (Å²) in [6.45, 7) is 1.95. The SMILES string of the molecule is C[C@H]1CC(O)(c2ccc(C(F)(F)F)cc2)C[C@@H](c2ccccn2)N1. The molecular formula is C18H19F3N2O. The van der Waals surface area contributed by atoms with Crippen molar-refractivity contribution in [3.63, 3.8) is 0 Å². The average molecular weight is 336 g/mol. The zero-order valence-corrected chi connectivity index (χ0v) is 13.2. The molecule has 1 aromatic carbocycles. The summed E-state index contributed by atoms with van der Waals surface area (Å²) >= 11 is 0. The van der Waals surface area contributed by atoms with Crippen molar-refractivity contribution in [3.8, 4) is 0 Å². The van der Waals surface area contributed by atoms with Gasteiger partial charge < -0.3 is 10.4 Å². The molecule has 1 aliphatic heterocycles. The molecule has 3 rings (SSSR count). The van der Waals surface area contributed by atoms with Crippen molar-refractivity contribution < 1.29 is 18.3 Å². The number of rotatable bonds is 2. The highest BCUT2D eigenvalue weighted by atomic mass is 19.4. The fraction of sp³-hybridized carbons (Fsp3) is 0.389. The quantitative estimate of drug-likeness (QED) is 0.877. The smallest absolute Gasteiger partial charge is 0.385 e. The minimum atomic E-state index is -4.38. The standard InChI is InChI=1S/C18H19F3N2O/c1-12-10-17(24,11-16(23-12)15-4-2-3-9-22-15)13-5-7-14(8-6-13)18(19,20)21/h2-9,12,16,23-24H,10-11H2,1H3/t12-,16-,17?/m0/s1. The predicted octanol–water partition coefficient (Wildman–Crippen LogP) is 3.80. The number of benzene rings is 1. The maximum atomic E-state index is 12.7. The Morgan fingerprint density at radius 1 is 1.12 bits per heavy atom. The van der Waals surface area contributed by atoms with Crippen LogP contribution in [0.3, 0.4) is 0 Å². The zero-order chi connectivity index (χ0) is 17.4. The second kappa shape index (κ2) is 6.18. The van der Waals surface area contributed by atoms with Crippen molar-refractivity contribution in [2.45, 2.75) is 43.6 Å². The van der Waals surface area contributed by atoms with Gasteiger partial charge in [-0.05, 0) is 43.2 Å². The van der Waals surface area contributed by atoms with E-state index in [1.165, 1.54) is 12.1 Å². The molecule has 1 fully saturated rings. The zero-order valence-electron chi connectivity index (χ0n) is 13.2. The van der Waals surface area contributed by atoms with Crippen LogP contribution in [0.15, 0.2) is 48.7 Å². The highest BCUT2D eigenvalue weighted by Gasteiger charge is 2.40. The summed E-state index contributed by atoms with van der Waals surface area (Å²) < 4.78 is 38.2. The third-order valence-corrected chi connectivity index (χ3v) is 4.47. The van der Waals surface area contributed by atoms with Gasteiger partial charge in [0.15, 0.2) is 0 Å². The second-order valence-electron chi connectivity index (χ2n) is 6.39. The Hall–Kier alpha value is -1.92. The first-order valence-corrected chi connectivity index (χ1v) is 7.85. The molecule has 0 radical (unpaired) electrons. The van der Waals surface area contributed by atoms with Gasteiger partial charge in [0.25, 0.3) is 0 Å². The summed E-state index contributed by atoms with van der Waals surface area (Å²) in [6.07, 6.45) is -1.89. The molecule has 6 heteroatoms. The Bertz CT molecular complexity index is 688. The van der Waals surface area contributed by atoms with Gasteiger partial charge in [0.2, 0.25) is 0 Å². The molecule has 0 aliphatic carbocycles. The number of piperidine rings is 1. The fourth-order valence-corrected chi connectivity index (χ4v) is 3.37. The molecule has 3 atom stereocenters. The highest BCUT2D eigenvalue weighted by Crippen LogP contribution is 2.40. The molecule has 128 valence electrons. The van der Waals surface area contributed by atoms with Gasteiger partial charge in [-0.15, -0.1) is 0 Å². The van der Waals surface area contributed by atoms with Crippen molar-refractivity contribution in [1.82, 2.24) is 10.3 Å². The molecule has 2 aromatic rings. The predicted molar refractivity (Wildman–Crippen MR) is 84.2 cm³/mol. The van der Waals surface area contributed by atoms with E-state index in [2.05, 4.69) is 10.3 Å². The van der Waals surface area contributed by atoms with E-state index >= 15 is 0 Å². The number of hydrogen-bond acceptors (Lipinski definition) is 3. The summed E-state index contributed by atoms with van der Waals surface area (Å²) in [6, 6.07) is 10.2. The lowest BCUT2D eigenvalue weighted by atomic mass is 9.78. The van der Waals surface area contributed by atoms with E-state index in [1.807, 2.05) is 25.1 Å². The molecule has 0 saturated carbocycles. The number of aliphatic hydroxyl groups is 1. The van der Waals surface area contributed by atoms with Crippen LogP contribution in [0.5, 0.6) is 0 Å². The Kier molecular flexibility index (Phi) is 4.36. The topological polar surface area (TPSA) is 45.2 Å². The first kappa shape index (κ1) is 16.9. The van der Waals surface area contributed by atoms with Crippen LogP contribution in [0.25, 0.3) is 0 Å². The van der Waals surface area contributed by atoms with E-state index in [0.29, 0.717) is 18.4 Å². The van der Waals surface area contributed by atoms with Crippen LogP contribution in [0, 0.1) is 0 Å². The summed E-state index contributed by atoms with van der Waals surface area (Å²) in [5, 5.41) is 14.5. The van der Waals surface area contributed by atoms with Crippen molar-refractivity contribution in [2.24, 2.45) is 0 Å². The number of nitrogens with one attached hydrogen (secondary N) is 1. The summed E-state index contributed by atoms with van der Waals surface area (Å²) in [5.41, 5.74) is -0.575. The summed E-state index contributed by atoms with van der Waals surface area (Å²) in [5.74, 6) is 0. The lowest BCUT2D eigenvalue weighted by Gasteiger charge is -2.41. The minimum absolute atomic E-state index is 0.0121. The van der Waals surface area contributed by atoms with Crippen molar-refractivity contribution >= 4 is 0 Å². The molecule has 1 saturated heterocycles. The first-order chi connectivity index (χ1) is 11.3. The maximum absolute atomic E-state index is 12.7. The molecule has 1 aliphatic rings. The number of nitrogens with zero attached hydrogens (tertiary/aromatic N) is 1. The lowest BCUT2D eigenvalue weighted by molar-refractivity contribution is -0.137. The van der Waals surface area contributed by atoms with Crippen LogP contribution in [0.4, 0.5) is 13.2 Å². The molecule has 3 nitrogen and oxygen atoms in total. The first-order valence-electron chi connectivity index (χ1n) is 7.85. The number of alkyl halides is 3. The molecule has 0 amide bonds. The van der Waals surface area contributed by atoms with E-state index in [1.54, 1.807) is 6.20 Å². The van der Waals surface area contributed by atoms with Gasteiger partial charge in [0, 0.05) is 18.7 Å². The van der Waals surface area contributed by atoms with E-state index in [-0.39, 0.29) is 12.1 Å². The van der Waals surface area contributed by atoms with Crippen molar-refractivity contribution in [2.75, 3.05) is 0 Å². The minimum Gasteiger partial charge on any atom is -0.385 e. The van der Waals surface area contributed by atoms with E-state index in [9.17, 15) is 18.3 Å². The molecule has 24 heavy (non-hydrogen) atoms. The van der Waals surface area contributed by atoms with Gasteiger partial charge in [-0.2, -0.15) is 13.2 Å². The number of hydrogen-bond donors (Lipinski definition) is 2. The Labute approximate surface area is 138 Å². The summed E-state index contributed by atoms with van der Waals surface area (Å²) in [4.78, 5) is 4.32. The largest absolute Gasteiger partial charge is 0.416 e. The number of halogens is 3. The van der Waals surface area contributed by atoms with Gasteiger partial charge in [-0.25, -0.2) is 0 Å². The van der Waals surface area contributed by atoms with Crippen LogP contribution in [0.2, 0.25) is 0 Å². The Balaban J connectivity index is 1.88. The highest BCUT2D eigenvalue weighted by molar-refractivity contribution is 5.30. The third kappa shape index (κ3) is 3.44. The van der Waals surface area contributed by atoms with Crippen LogP contribution >= 0.6 is 0 Å². The number of pyridine rings is 1. The van der Waals surface area contributed by atoms with Gasteiger partial charge >= 0.3 is 6.18 Å². The van der Waals surface area contributed by atoms with Gasteiger partial charge in [-0.3, -0.25) is 4.98 Å². The molecule has 1 aromatic heterocycles. The van der Waals surface area contributed by atoms with Crippen molar-refractivity contribution in [3.05, 3.63) is 65.5 Å². The molecule has 0 bridgehead atoms. The van der Waals surface area contributed by atoms with Crippen LogP contribution in [0.1, 0.15) is 42.6 Å². The van der Waals surface area contributed by atoms with Crippen LogP contribution in [-0.4, -0.2) is 16.1 Å². The van der Waals surface area contributed by atoms with Gasteiger partial charge in [0.05, 0.1) is 22.9 Å². The molecule has 0 spiro atoms. The Morgan fingerprint density at radius 2 is 1.83 bits per heavy atom. The number of aromatic nitrogens is 1. The molecule has 2 heterocycles. The second-order valence-corrected chi connectivity index (χ2v) is 6.39. The molecular weight excluding hydrogens is 317 g/mol. The van der Waals surface area contributed by atoms with Gasteiger partial charge in [0.1, 0.15) is 0 Å². The Morgan fingerprint density at radius 3 is 2.42 bits per heavy atom. The van der Waals surface area contributed by atoms with E-state index in [4.69, 9.17) is 0 Å². The third-order valence-electron chi connectivity index (χ3n) is 4.47.